The molecule has 0 fully saturated rings. The van der Waals surface area contributed by atoms with E-state index in [1.54, 1.807) is 0 Å². The van der Waals surface area contributed by atoms with Gasteiger partial charge in [-0.2, -0.15) is 0 Å². The zero-order valence-corrected chi connectivity index (χ0v) is 8.89. The van der Waals surface area contributed by atoms with Crippen molar-refractivity contribution in [3.05, 3.63) is 35.4 Å². The molecule has 0 bridgehead atoms. The Hall–Kier alpha value is -0.890. The monoisotopic (exact) mass is 195 g/mol. The molecule has 1 rings (SSSR count). The molecule has 0 aliphatic rings. The van der Waals surface area contributed by atoms with Crippen LogP contribution >= 0.6 is 0 Å². The van der Waals surface area contributed by atoms with Crippen LogP contribution in [0.1, 0.15) is 25.0 Å². The molecular weight excluding hydrogens is 177 g/mol. The number of hydrogen-bond acceptors (Lipinski definition) is 1. The van der Waals surface area contributed by atoms with Crippen molar-refractivity contribution in [3.8, 4) is 0 Å². The lowest BCUT2D eigenvalue weighted by Crippen LogP contribution is -2.34. The zero-order valence-electron chi connectivity index (χ0n) is 8.89. The van der Waals surface area contributed by atoms with Crippen molar-refractivity contribution in [1.82, 2.24) is 0 Å². The van der Waals surface area contributed by atoms with Crippen LogP contribution in [0.25, 0.3) is 0 Å². The molecule has 0 unspecified atom stereocenters. The third kappa shape index (κ3) is 3.88. The fraction of sp³-hybridized carbons (Fsp3) is 0.500. The second-order valence-corrected chi connectivity index (χ2v) is 4.42. The quantitative estimate of drug-likeness (QED) is 0.784. The number of halogens is 1. The van der Waals surface area contributed by atoms with Crippen molar-refractivity contribution >= 4 is 0 Å². The highest BCUT2D eigenvalue weighted by Gasteiger charge is 2.11. The van der Waals surface area contributed by atoms with E-state index in [9.17, 15) is 4.39 Å². The van der Waals surface area contributed by atoms with Crippen LogP contribution in [-0.2, 0) is 12.8 Å². The summed E-state index contributed by atoms with van der Waals surface area (Å²) in [5.41, 5.74) is 7.95. The van der Waals surface area contributed by atoms with Gasteiger partial charge in [-0.15, -0.1) is 0 Å². The highest BCUT2D eigenvalue weighted by Crippen LogP contribution is 2.12. The maximum atomic E-state index is 12.1. The summed E-state index contributed by atoms with van der Waals surface area (Å²) in [5, 5.41) is 0. The van der Waals surface area contributed by atoms with Crippen LogP contribution in [0.4, 0.5) is 4.39 Å². The summed E-state index contributed by atoms with van der Waals surface area (Å²) in [6, 6.07) is 7.99. The lowest BCUT2D eigenvalue weighted by molar-refractivity contribution is 0.494. The Bertz CT molecular complexity index is 289. The lowest BCUT2D eigenvalue weighted by Gasteiger charge is -2.18. The van der Waals surface area contributed by atoms with Crippen LogP contribution in [0.3, 0.4) is 0 Å². The van der Waals surface area contributed by atoms with Gasteiger partial charge < -0.3 is 5.73 Å². The normalized spacial score (nSPS) is 11.7. The minimum absolute atomic E-state index is 0.200. The predicted octanol–water partition coefficient (Wildman–Crippen LogP) is 2.48. The third-order valence-electron chi connectivity index (χ3n) is 2.03. The van der Waals surface area contributed by atoms with Crippen LogP contribution in [0.2, 0.25) is 0 Å². The van der Waals surface area contributed by atoms with Crippen molar-refractivity contribution in [3.63, 3.8) is 0 Å². The summed E-state index contributed by atoms with van der Waals surface area (Å²) in [7, 11) is 0. The first-order valence-corrected chi connectivity index (χ1v) is 4.94. The van der Waals surface area contributed by atoms with Gasteiger partial charge in [-0.3, -0.25) is 4.39 Å². The molecule has 0 aliphatic heterocycles. The second-order valence-electron chi connectivity index (χ2n) is 4.42. The lowest BCUT2D eigenvalue weighted by atomic mass is 9.95. The SMILES string of the molecule is CC(C)(N)Cc1cccc(CCF)c1. The van der Waals surface area contributed by atoms with Crippen molar-refractivity contribution in [2.24, 2.45) is 5.73 Å². The number of benzene rings is 1. The van der Waals surface area contributed by atoms with E-state index in [-0.39, 0.29) is 12.2 Å². The van der Waals surface area contributed by atoms with Gasteiger partial charge in [-0.25, -0.2) is 0 Å². The summed E-state index contributed by atoms with van der Waals surface area (Å²) in [6.07, 6.45) is 1.33. The number of hydrogen-bond donors (Lipinski definition) is 1. The molecule has 2 N–H and O–H groups in total. The van der Waals surface area contributed by atoms with Crippen molar-refractivity contribution < 1.29 is 4.39 Å². The average Bonchev–Trinajstić information content (AvgIpc) is 2.02. The molecule has 14 heavy (non-hydrogen) atoms. The molecule has 78 valence electrons. The van der Waals surface area contributed by atoms with Crippen molar-refractivity contribution in [1.29, 1.82) is 0 Å². The molecule has 0 radical (unpaired) electrons. The van der Waals surface area contributed by atoms with Crippen LogP contribution in [0.5, 0.6) is 0 Å². The largest absolute Gasteiger partial charge is 0.325 e. The average molecular weight is 195 g/mol. The van der Waals surface area contributed by atoms with Gasteiger partial charge in [0.1, 0.15) is 0 Å². The van der Waals surface area contributed by atoms with Crippen LogP contribution < -0.4 is 5.73 Å². The molecule has 0 saturated carbocycles. The summed E-state index contributed by atoms with van der Waals surface area (Å²) in [4.78, 5) is 0. The molecule has 0 amide bonds. The van der Waals surface area contributed by atoms with E-state index >= 15 is 0 Å². The van der Waals surface area contributed by atoms with Gasteiger partial charge in [0.2, 0.25) is 0 Å². The van der Waals surface area contributed by atoms with Crippen molar-refractivity contribution in [2.45, 2.75) is 32.2 Å². The first kappa shape index (κ1) is 11.2. The van der Waals surface area contributed by atoms with E-state index in [2.05, 4.69) is 0 Å². The highest BCUT2D eigenvalue weighted by molar-refractivity contribution is 5.25. The third-order valence-corrected chi connectivity index (χ3v) is 2.03. The minimum Gasteiger partial charge on any atom is -0.325 e. The number of aryl methyl sites for hydroxylation is 1. The van der Waals surface area contributed by atoms with Gasteiger partial charge in [0.05, 0.1) is 6.67 Å². The molecule has 0 atom stereocenters. The summed E-state index contributed by atoms with van der Waals surface area (Å²) in [6.45, 7) is 3.69. The van der Waals surface area contributed by atoms with Gasteiger partial charge in [0, 0.05) is 12.0 Å². The Balaban J connectivity index is 2.73. The highest BCUT2D eigenvalue weighted by atomic mass is 19.1. The molecule has 2 heteroatoms. The van der Waals surface area contributed by atoms with E-state index < -0.39 is 0 Å². The standard InChI is InChI=1S/C12H18FN/c1-12(2,14)9-11-5-3-4-10(8-11)6-7-13/h3-5,8H,6-7,9,14H2,1-2H3. The van der Waals surface area contributed by atoms with Gasteiger partial charge in [0.25, 0.3) is 0 Å². The first-order chi connectivity index (χ1) is 6.51. The van der Waals surface area contributed by atoms with E-state index in [1.807, 2.05) is 38.1 Å². The first-order valence-electron chi connectivity index (χ1n) is 4.94. The number of alkyl halides is 1. The molecular formula is C12H18FN. The molecule has 1 aromatic rings. The Labute approximate surface area is 85.1 Å². The van der Waals surface area contributed by atoms with E-state index in [1.165, 1.54) is 5.56 Å². The van der Waals surface area contributed by atoms with Crippen LogP contribution in [0.15, 0.2) is 24.3 Å². The molecule has 0 saturated heterocycles. The fourth-order valence-electron chi connectivity index (χ4n) is 1.53. The zero-order chi connectivity index (χ0) is 10.6. The fourth-order valence-corrected chi connectivity index (χ4v) is 1.53. The van der Waals surface area contributed by atoms with Crippen LogP contribution in [0, 0.1) is 0 Å². The van der Waals surface area contributed by atoms with Gasteiger partial charge >= 0.3 is 0 Å². The second kappa shape index (κ2) is 4.56. The predicted molar refractivity (Wildman–Crippen MR) is 58.1 cm³/mol. The van der Waals surface area contributed by atoms with E-state index in [4.69, 9.17) is 5.73 Å². The summed E-state index contributed by atoms with van der Waals surface area (Å²) < 4.78 is 12.1. The van der Waals surface area contributed by atoms with E-state index in [0.717, 1.165) is 12.0 Å². The Morgan fingerprint density at radius 3 is 2.50 bits per heavy atom. The molecule has 0 spiro atoms. The molecule has 0 aromatic heterocycles. The number of rotatable bonds is 4. The Morgan fingerprint density at radius 1 is 1.29 bits per heavy atom. The topological polar surface area (TPSA) is 26.0 Å². The van der Waals surface area contributed by atoms with Gasteiger partial charge in [-0.05, 0) is 31.4 Å². The minimum atomic E-state index is -0.296. The summed E-state index contributed by atoms with van der Waals surface area (Å²) in [5.74, 6) is 0. The maximum absolute atomic E-state index is 12.1. The van der Waals surface area contributed by atoms with Crippen molar-refractivity contribution in [2.75, 3.05) is 6.67 Å². The van der Waals surface area contributed by atoms with E-state index in [0.29, 0.717) is 6.42 Å². The smallest absolute Gasteiger partial charge is 0.0934 e. The summed E-state index contributed by atoms with van der Waals surface area (Å²) >= 11 is 0. The molecule has 0 heterocycles. The van der Waals surface area contributed by atoms with Gasteiger partial charge in [-0.1, -0.05) is 24.3 Å². The number of nitrogens with two attached hydrogens (primary N) is 1. The molecule has 1 aromatic carbocycles. The van der Waals surface area contributed by atoms with Crippen LogP contribution in [-0.4, -0.2) is 12.2 Å². The molecule has 0 aliphatic carbocycles. The van der Waals surface area contributed by atoms with Gasteiger partial charge in [0.15, 0.2) is 0 Å². The Kier molecular flexibility index (Phi) is 3.64. The molecule has 1 nitrogen and oxygen atoms in total. The Morgan fingerprint density at radius 2 is 1.93 bits per heavy atom. The maximum Gasteiger partial charge on any atom is 0.0934 e.